The molecule has 0 aliphatic heterocycles. The van der Waals surface area contributed by atoms with E-state index < -0.39 is 23.9 Å². The van der Waals surface area contributed by atoms with Crippen molar-refractivity contribution in [3.63, 3.8) is 0 Å². The highest BCUT2D eigenvalue weighted by Crippen LogP contribution is 2.23. The zero-order valence-electron chi connectivity index (χ0n) is 12.8. The number of hydrogen-bond acceptors (Lipinski definition) is 3. The lowest BCUT2D eigenvalue weighted by atomic mass is 9.87. The number of carbonyl (C=O) groups excluding carboxylic acids is 2. The van der Waals surface area contributed by atoms with Crippen molar-refractivity contribution in [1.29, 1.82) is 0 Å². The normalized spacial score (nSPS) is 14.2. The van der Waals surface area contributed by atoms with Gasteiger partial charge in [0.1, 0.15) is 6.04 Å². The Kier molecular flexibility index (Phi) is 6.48. The molecule has 0 fully saturated rings. The molecule has 3 amide bonds. The second-order valence-electron chi connectivity index (χ2n) is 6.00. The maximum atomic E-state index is 12.0. The molecule has 0 aromatic rings. The van der Waals surface area contributed by atoms with Crippen molar-refractivity contribution < 1.29 is 19.5 Å². The minimum atomic E-state index is -1.18. The third-order valence-corrected chi connectivity index (χ3v) is 3.43. The number of hydrogen-bond donors (Lipinski definition) is 3. The van der Waals surface area contributed by atoms with Crippen molar-refractivity contribution in [2.45, 2.75) is 52.6 Å². The van der Waals surface area contributed by atoms with Crippen molar-refractivity contribution in [3.05, 3.63) is 0 Å². The van der Waals surface area contributed by atoms with Gasteiger partial charge >= 0.3 is 12.0 Å². The molecule has 0 spiro atoms. The number of aliphatic carboxylic acids is 1. The summed E-state index contributed by atoms with van der Waals surface area (Å²) in [4.78, 5) is 35.2. The Hall–Kier alpha value is -1.79. The van der Waals surface area contributed by atoms with Crippen LogP contribution < -0.4 is 11.1 Å². The zero-order chi connectivity index (χ0) is 16.1. The monoisotopic (exact) mass is 287 g/mol. The molecule has 0 saturated carbocycles. The third-order valence-electron chi connectivity index (χ3n) is 3.43. The van der Waals surface area contributed by atoms with Crippen LogP contribution in [0.15, 0.2) is 0 Å². The molecule has 2 atom stereocenters. The van der Waals surface area contributed by atoms with E-state index in [1.807, 2.05) is 27.7 Å². The average Bonchev–Trinajstić information content (AvgIpc) is 2.30. The number of primary amides is 1. The first-order valence-electron chi connectivity index (χ1n) is 6.51. The lowest BCUT2D eigenvalue weighted by molar-refractivity contribution is -0.139. The van der Waals surface area contributed by atoms with E-state index in [-0.39, 0.29) is 24.3 Å². The second kappa shape index (κ2) is 7.12. The van der Waals surface area contributed by atoms with Gasteiger partial charge in [-0.25, -0.2) is 9.59 Å². The molecule has 0 aliphatic rings. The van der Waals surface area contributed by atoms with Gasteiger partial charge in [0.15, 0.2) is 0 Å². The molecule has 7 heteroatoms. The SMILES string of the molecule is CC(N(C)C(=O)N[C@H](CCC(N)=O)C(=O)O)C(C)(C)C. The van der Waals surface area contributed by atoms with Crippen molar-refractivity contribution in [2.24, 2.45) is 11.1 Å². The van der Waals surface area contributed by atoms with Crippen LogP contribution in [-0.2, 0) is 9.59 Å². The molecular weight excluding hydrogens is 262 g/mol. The summed E-state index contributed by atoms with van der Waals surface area (Å²) in [5, 5.41) is 11.4. The smallest absolute Gasteiger partial charge is 0.326 e. The Morgan fingerprint density at radius 1 is 1.30 bits per heavy atom. The lowest BCUT2D eigenvalue weighted by Gasteiger charge is -2.35. The molecule has 0 aliphatic carbocycles. The van der Waals surface area contributed by atoms with E-state index in [9.17, 15) is 14.4 Å². The maximum absolute atomic E-state index is 12.0. The molecular formula is C13H25N3O4. The number of amides is 3. The first-order valence-corrected chi connectivity index (χ1v) is 6.51. The van der Waals surface area contributed by atoms with Gasteiger partial charge < -0.3 is 21.1 Å². The first-order chi connectivity index (χ1) is 8.96. The van der Waals surface area contributed by atoms with Crippen LogP contribution in [0.4, 0.5) is 4.79 Å². The van der Waals surface area contributed by atoms with Gasteiger partial charge in [0.25, 0.3) is 0 Å². The van der Waals surface area contributed by atoms with Gasteiger partial charge in [0.2, 0.25) is 5.91 Å². The maximum Gasteiger partial charge on any atom is 0.326 e. The zero-order valence-corrected chi connectivity index (χ0v) is 12.8. The first kappa shape index (κ1) is 18.2. The van der Waals surface area contributed by atoms with Gasteiger partial charge in [-0.1, -0.05) is 20.8 Å². The molecule has 4 N–H and O–H groups in total. The van der Waals surface area contributed by atoms with E-state index >= 15 is 0 Å². The molecule has 7 nitrogen and oxygen atoms in total. The van der Waals surface area contributed by atoms with Crippen LogP contribution in [0.25, 0.3) is 0 Å². The fraction of sp³-hybridized carbons (Fsp3) is 0.769. The number of carboxylic acid groups (broad SMARTS) is 1. The number of carboxylic acids is 1. The van der Waals surface area contributed by atoms with Crippen molar-refractivity contribution in [3.8, 4) is 0 Å². The Labute approximate surface area is 119 Å². The summed E-state index contributed by atoms with van der Waals surface area (Å²) in [5.41, 5.74) is 4.85. The summed E-state index contributed by atoms with van der Waals surface area (Å²) in [6.07, 6.45) is -0.107. The highest BCUT2D eigenvalue weighted by Gasteiger charge is 2.29. The molecule has 0 aromatic carbocycles. The quantitative estimate of drug-likeness (QED) is 0.670. The molecule has 20 heavy (non-hydrogen) atoms. The van der Waals surface area contributed by atoms with Crippen LogP contribution in [0.3, 0.4) is 0 Å². The van der Waals surface area contributed by atoms with Crippen molar-refractivity contribution >= 4 is 17.9 Å². The number of nitrogens with two attached hydrogens (primary N) is 1. The number of nitrogens with one attached hydrogen (secondary N) is 1. The topological polar surface area (TPSA) is 113 Å². The highest BCUT2D eigenvalue weighted by atomic mass is 16.4. The van der Waals surface area contributed by atoms with Crippen LogP contribution in [0.5, 0.6) is 0 Å². The van der Waals surface area contributed by atoms with Crippen LogP contribution in [0, 0.1) is 5.41 Å². The third kappa shape index (κ3) is 5.90. The summed E-state index contributed by atoms with van der Waals surface area (Å²) in [5.74, 6) is -1.78. The second-order valence-corrected chi connectivity index (χ2v) is 6.00. The fourth-order valence-electron chi connectivity index (χ4n) is 1.55. The van der Waals surface area contributed by atoms with E-state index in [0.717, 1.165) is 0 Å². The standard InChI is InChI=1S/C13H25N3O4/c1-8(13(2,3)4)16(5)12(20)15-9(11(18)19)6-7-10(14)17/h8-9H,6-7H2,1-5H3,(H2,14,17)(H,15,20)(H,18,19)/t8?,9-/m1/s1. The van der Waals surface area contributed by atoms with Gasteiger partial charge in [0.05, 0.1) is 0 Å². The van der Waals surface area contributed by atoms with Gasteiger partial charge in [-0.15, -0.1) is 0 Å². The van der Waals surface area contributed by atoms with E-state index in [2.05, 4.69) is 5.32 Å². The average molecular weight is 287 g/mol. The molecule has 0 bridgehead atoms. The van der Waals surface area contributed by atoms with Gasteiger partial charge in [0, 0.05) is 19.5 Å². The molecule has 1 unspecified atom stereocenters. The molecule has 0 radical (unpaired) electrons. The minimum Gasteiger partial charge on any atom is -0.480 e. The van der Waals surface area contributed by atoms with Crippen LogP contribution >= 0.6 is 0 Å². The minimum absolute atomic E-state index is 0.0197. The Morgan fingerprint density at radius 3 is 2.15 bits per heavy atom. The Balaban J connectivity index is 4.68. The predicted octanol–water partition coefficient (Wildman–Crippen LogP) is 0.781. The van der Waals surface area contributed by atoms with E-state index in [0.29, 0.717) is 0 Å². The lowest BCUT2D eigenvalue weighted by Crippen LogP contribution is -2.52. The van der Waals surface area contributed by atoms with Gasteiger partial charge in [-0.3, -0.25) is 4.79 Å². The predicted molar refractivity (Wildman–Crippen MR) is 75.1 cm³/mol. The summed E-state index contributed by atoms with van der Waals surface area (Å²) < 4.78 is 0. The Bertz CT molecular complexity index is 376. The Morgan fingerprint density at radius 2 is 1.80 bits per heavy atom. The molecule has 116 valence electrons. The number of urea groups is 1. The van der Waals surface area contributed by atoms with Crippen LogP contribution in [-0.4, -0.2) is 47.0 Å². The van der Waals surface area contributed by atoms with Crippen molar-refractivity contribution in [1.82, 2.24) is 10.2 Å². The molecule has 0 saturated heterocycles. The largest absolute Gasteiger partial charge is 0.480 e. The highest BCUT2D eigenvalue weighted by molar-refractivity contribution is 5.83. The van der Waals surface area contributed by atoms with E-state index in [1.165, 1.54) is 4.90 Å². The van der Waals surface area contributed by atoms with E-state index in [1.54, 1.807) is 7.05 Å². The van der Waals surface area contributed by atoms with Gasteiger partial charge in [-0.2, -0.15) is 0 Å². The summed E-state index contributed by atoms with van der Waals surface area (Å²) in [7, 11) is 1.61. The van der Waals surface area contributed by atoms with Crippen LogP contribution in [0.1, 0.15) is 40.5 Å². The molecule has 0 aromatic heterocycles. The molecule has 0 heterocycles. The van der Waals surface area contributed by atoms with E-state index in [4.69, 9.17) is 10.8 Å². The summed E-state index contributed by atoms with van der Waals surface area (Å²) >= 11 is 0. The van der Waals surface area contributed by atoms with Crippen molar-refractivity contribution in [2.75, 3.05) is 7.05 Å². The number of rotatable bonds is 6. The van der Waals surface area contributed by atoms with Crippen LogP contribution in [0.2, 0.25) is 0 Å². The fourth-order valence-corrected chi connectivity index (χ4v) is 1.55. The number of nitrogens with zero attached hydrogens (tertiary/aromatic N) is 1. The van der Waals surface area contributed by atoms with Gasteiger partial charge in [-0.05, 0) is 18.8 Å². The molecule has 0 rings (SSSR count). The number of carbonyl (C=O) groups is 3. The summed E-state index contributed by atoms with van der Waals surface area (Å²) in [6, 6.07) is -1.68. The summed E-state index contributed by atoms with van der Waals surface area (Å²) in [6.45, 7) is 7.86.